The zero-order valence-corrected chi connectivity index (χ0v) is 71.2. The standard InChI is InChI=1S/C86H168O17P2/c1-9-79(8)65-57-49-44-45-51-59-67-84(89)97-73-82(103-86(91)69-61-53-43-37-31-25-19-18-22-28-34-40-48-56-64-78(6)7)75-101-105(94,95)99-71-80(87)70-98-104(92,93)100-74-81(102-85(90)68-60-52-42-36-30-24-17-13-11-15-21-27-33-39-47-55-63-77(4)5)72-96-83(88)66-58-50-41-35-29-23-16-12-10-14-20-26-32-38-46-54-62-76(2)3/h76-82,87H,9-75H2,1-8H3,(H,92,93)(H,94,95)/t79?,80-,81-,82-/m1/s1. The Morgan fingerprint density at radius 2 is 0.457 bits per heavy atom. The van der Waals surface area contributed by atoms with Gasteiger partial charge in [0, 0.05) is 25.7 Å². The molecular weight excluding hydrogens is 1370 g/mol. The first-order valence-corrected chi connectivity index (χ1v) is 47.2. The van der Waals surface area contributed by atoms with Crippen LogP contribution in [0.4, 0.5) is 0 Å². The van der Waals surface area contributed by atoms with Crippen molar-refractivity contribution in [2.75, 3.05) is 39.6 Å². The molecule has 0 spiro atoms. The van der Waals surface area contributed by atoms with Crippen LogP contribution >= 0.6 is 15.6 Å². The van der Waals surface area contributed by atoms with Crippen LogP contribution in [0.25, 0.3) is 0 Å². The number of carbonyl (C=O) groups excluding carboxylic acids is 4. The third-order valence-electron chi connectivity index (χ3n) is 20.4. The highest BCUT2D eigenvalue weighted by molar-refractivity contribution is 7.47. The van der Waals surface area contributed by atoms with Crippen LogP contribution in [0.2, 0.25) is 0 Å². The zero-order valence-electron chi connectivity index (χ0n) is 69.4. The summed E-state index contributed by atoms with van der Waals surface area (Å²) in [4.78, 5) is 73.2. The number of ether oxygens (including phenoxy) is 4. The molecule has 0 aromatic rings. The van der Waals surface area contributed by atoms with Crippen LogP contribution in [0.5, 0.6) is 0 Å². The maximum absolute atomic E-state index is 13.1. The molecule has 105 heavy (non-hydrogen) atoms. The Kier molecular flexibility index (Phi) is 73.4. The molecule has 0 bridgehead atoms. The molecule has 0 fully saturated rings. The summed E-state index contributed by atoms with van der Waals surface area (Å²) in [6.07, 6.45) is 63.9. The van der Waals surface area contributed by atoms with Crippen LogP contribution in [-0.4, -0.2) is 96.7 Å². The van der Waals surface area contributed by atoms with Gasteiger partial charge in [-0.3, -0.25) is 37.3 Å². The molecule has 0 aliphatic rings. The first-order chi connectivity index (χ1) is 50.6. The summed E-state index contributed by atoms with van der Waals surface area (Å²) in [5.74, 6) is 1.04. The van der Waals surface area contributed by atoms with Gasteiger partial charge >= 0.3 is 39.5 Å². The molecule has 0 rings (SSSR count). The van der Waals surface area contributed by atoms with Crippen molar-refractivity contribution in [3.8, 4) is 0 Å². The van der Waals surface area contributed by atoms with E-state index in [0.717, 1.165) is 120 Å². The minimum Gasteiger partial charge on any atom is -0.462 e. The van der Waals surface area contributed by atoms with Gasteiger partial charge in [-0.1, -0.05) is 396 Å². The maximum Gasteiger partial charge on any atom is 0.472 e. The second kappa shape index (κ2) is 74.8. The molecule has 0 amide bonds. The molecule has 624 valence electrons. The van der Waals surface area contributed by atoms with Crippen molar-refractivity contribution in [2.24, 2.45) is 23.7 Å². The highest BCUT2D eigenvalue weighted by atomic mass is 31.2. The van der Waals surface area contributed by atoms with Crippen molar-refractivity contribution in [2.45, 2.75) is 465 Å². The monoisotopic (exact) mass is 1540 g/mol. The molecule has 6 atom stereocenters. The van der Waals surface area contributed by atoms with Gasteiger partial charge in [0.15, 0.2) is 12.2 Å². The fraction of sp³-hybridized carbons (Fsp3) is 0.953. The van der Waals surface area contributed by atoms with E-state index in [2.05, 4.69) is 55.4 Å². The molecule has 3 N–H and O–H groups in total. The lowest BCUT2D eigenvalue weighted by molar-refractivity contribution is -0.161. The molecule has 0 saturated carbocycles. The van der Waals surface area contributed by atoms with Crippen molar-refractivity contribution in [1.82, 2.24) is 0 Å². The van der Waals surface area contributed by atoms with Gasteiger partial charge in [0.25, 0.3) is 0 Å². The molecule has 17 nitrogen and oxygen atoms in total. The topological polar surface area (TPSA) is 237 Å². The molecule has 0 heterocycles. The van der Waals surface area contributed by atoms with Crippen LogP contribution in [0.15, 0.2) is 0 Å². The number of phosphoric ester groups is 2. The lowest BCUT2D eigenvalue weighted by Crippen LogP contribution is -2.30. The normalized spacial score (nSPS) is 14.2. The summed E-state index contributed by atoms with van der Waals surface area (Å²) in [5.41, 5.74) is 0. The fourth-order valence-corrected chi connectivity index (χ4v) is 14.9. The smallest absolute Gasteiger partial charge is 0.462 e. The molecule has 3 unspecified atom stereocenters. The van der Waals surface area contributed by atoms with Crippen molar-refractivity contribution < 1.29 is 80.2 Å². The summed E-state index contributed by atoms with van der Waals surface area (Å²) in [6, 6.07) is 0. The number of aliphatic hydroxyl groups is 1. The second-order valence-electron chi connectivity index (χ2n) is 32.6. The van der Waals surface area contributed by atoms with Gasteiger partial charge < -0.3 is 33.8 Å². The minimum absolute atomic E-state index is 0.106. The molecular formula is C86H168O17P2. The number of rotatable bonds is 83. The number of aliphatic hydroxyl groups excluding tert-OH is 1. The number of hydrogen-bond acceptors (Lipinski definition) is 15. The first kappa shape index (κ1) is 103. The molecule has 0 aromatic carbocycles. The molecule has 0 saturated heterocycles. The van der Waals surface area contributed by atoms with E-state index in [1.807, 2.05) is 0 Å². The average molecular weight is 1540 g/mol. The average Bonchev–Trinajstić information content (AvgIpc) is 0.912. The molecule has 0 radical (unpaired) electrons. The lowest BCUT2D eigenvalue weighted by atomic mass is 10.00. The third-order valence-corrected chi connectivity index (χ3v) is 22.3. The van der Waals surface area contributed by atoms with Crippen molar-refractivity contribution >= 4 is 39.5 Å². The van der Waals surface area contributed by atoms with Gasteiger partial charge in [0.2, 0.25) is 0 Å². The van der Waals surface area contributed by atoms with E-state index < -0.39 is 97.5 Å². The van der Waals surface area contributed by atoms with Gasteiger partial charge in [-0.25, -0.2) is 9.13 Å². The van der Waals surface area contributed by atoms with E-state index in [-0.39, 0.29) is 25.7 Å². The second-order valence-corrected chi connectivity index (χ2v) is 35.5. The summed E-state index contributed by atoms with van der Waals surface area (Å²) in [7, 11) is -9.93. The Balaban J connectivity index is 5.24. The van der Waals surface area contributed by atoms with E-state index >= 15 is 0 Å². The maximum atomic E-state index is 13.1. The van der Waals surface area contributed by atoms with Gasteiger partial charge in [-0.15, -0.1) is 0 Å². The van der Waals surface area contributed by atoms with Gasteiger partial charge in [-0.05, 0) is 49.4 Å². The molecule has 19 heteroatoms. The van der Waals surface area contributed by atoms with Crippen molar-refractivity contribution in [3.63, 3.8) is 0 Å². The predicted octanol–water partition coefficient (Wildman–Crippen LogP) is 25.9. The van der Waals surface area contributed by atoms with Crippen LogP contribution < -0.4 is 0 Å². The van der Waals surface area contributed by atoms with Crippen molar-refractivity contribution in [3.05, 3.63) is 0 Å². The Labute approximate surface area is 645 Å². The van der Waals surface area contributed by atoms with Crippen LogP contribution in [0.1, 0.15) is 447 Å². The Morgan fingerprint density at radius 1 is 0.267 bits per heavy atom. The number of carbonyl (C=O) groups is 4. The fourth-order valence-electron chi connectivity index (χ4n) is 13.3. The van der Waals surface area contributed by atoms with E-state index in [1.165, 1.54) is 244 Å². The number of esters is 4. The van der Waals surface area contributed by atoms with Gasteiger partial charge in [0.1, 0.15) is 19.3 Å². The molecule has 0 aliphatic heterocycles. The van der Waals surface area contributed by atoms with Gasteiger partial charge in [-0.2, -0.15) is 0 Å². The summed E-state index contributed by atoms with van der Waals surface area (Å²) >= 11 is 0. The number of phosphoric acid groups is 2. The highest BCUT2D eigenvalue weighted by Gasteiger charge is 2.31. The quantitative estimate of drug-likeness (QED) is 0.0222. The Hall–Kier alpha value is -1.94. The van der Waals surface area contributed by atoms with Crippen LogP contribution in [0, 0.1) is 23.7 Å². The summed E-state index contributed by atoms with van der Waals surface area (Å²) in [5, 5.41) is 10.7. The SMILES string of the molecule is CCC(C)CCCCCCCCC(=O)OC[C@H](COP(=O)(O)OC[C@H](O)COP(=O)(O)OC[C@@H](COC(=O)CCCCCCCCCCCCCCCCCCC(C)C)OC(=O)CCCCCCCCCCCCCCCCCCC(C)C)OC(=O)CCCCCCCCCCCCCCCCC(C)C. The van der Waals surface area contributed by atoms with E-state index in [1.54, 1.807) is 0 Å². The Morgan fingerprint density at radius 3 is 0.676 bits per heavy atom. The third kappa shape index (κ3) is 78.5. The van der Waals surface area contributed by atoms with E-state index in [0.29, 0.717) is 25.7 Å². The number of hydrogen-bond donors (Lipinski definition) is 3. The minimum atomic E-state index is -4.97. The summed E-state index contributed by atoms with van der Waals surface area (Å²) < 4.78 is 68.9. The van der Waals surface area contributed by atoms with Crippen LogP contribution in [-0.2, 0) is 65.4 Å². The Bertz CT molecular complexity index is 2040. The van der Waals surface area contributed by atoms with E-state index in [4.69, 9.17) is 37.0 Å². The van der Waals surface area contributed by atoms with Crippen LogP contribution in [0.3, 0.4) is 0 Å². The summed E-state index contributed by atoms with van der Waals surface area (Å²) in [6.45, 7) is 14.3. The highest BCUT2D eigenvalue weighted by Crippen LogP contribution is 2.45. The molecule has 0 aromatic heterocycles. The van der Waals surface area contributed by atoms with Crippen molar-refractivity contribution in [1.29, 1.82) is 0 Å². The lowest BCUT2D eigenvalue weighted by Gasteiger charge is -2.21. The largest absolute Gasteiger partial charge is 0.472 e. The predicted molar refractivity (Wildman–Crippen MR) is 432 cm³/mol. The number of unbranched alkanes of at least 4 members (excludes halogenated alkanes) is 48. The zero-order chi connectivity index (χ0) is 77.4. The van der Waals surface area contributed by atoms with E-state index in [9.17, 15) is 43.2 Å². The first-order valence-electron chi connectivity index (χ1n) is 44.2. The van der Waals surface area contributed by atoms with Gasteiger partial charge in [0.05, 0.1) is 26.4 Å². The molecule has 0 aliphatic carbocycles.